The second-order valence-electron chi connectivity index (χ2n) is 5.86. The molecule has 1 unspecified atom stereocenters. The van der Waals surface area contributed by atoms with Gasteiger partial charge < -0.3 is 15.1 Å². The number of hydrogen-bond acceptors (Lipinski definition) is 3. The lowest BCUT2D eigenvalue weighted by Gasteiger charge is -2.33. The molecule has 21 heavy (non-hydrogen) atoms. The van der Waals surface area contributed by atoms with Crippen molar-refractivity contribution < 1.29 is 0 Å². The summed E-state index contributed by atoms with van der Waals surface area (Å²) < 4.78 is 0. The summed E-state index contributed by atoms with van der Waals surface area (Å²) in [5.41, 5.74) is 2.38. The number of rotatable bonds is 9. The van der Waals surface area contributed by atoms with Gasteiger partial charge in [0.15, 0.2) is 0 Å². The van der Waals surface area contributed by atoms with Gasteiger partial charge in [-0.05, 0) is 58.6 Å². The summed E-state index contributed by atoms with van der Waals surface area (Å²) in [6.45, 7) is 10.5. The molecule has 0 aliphatic carbocycles. The molecule has 0 saturated heterocycles. The minimum absolute atomic E-state index is 0.437. The molecule has 0 bridgehead atoms. The van der Waals surface area contributed by atoms with Crippen molar-refractivity contribution in [1.82, 2.24) is 10.2 Å². The van der Waals surface area contributed by atoms with Crippen LogP contribution in [0.5, 0.6) is 0 Å². The third-order valence-electron chi connectivity index (χ3n) is 3.58. The fourth-order valence-electron chi connectivity index (χ4n) is 2.65. The molecule has 1 rings (SSSR count). The molecule has 1 N–H and O–H groups in total. The Morgan fingerprint density at radius 2 is 1.95 bits per heavy atom. The van der Waals surface area contributed by atoms with Gasteiger partial charge in [0, 0.05) is 25.7 Å². The summed E-state index contributed by atoms with van der Waals surface area (Å²) in [7, 11) is 4.21. The van der Waals surface area contributed by atoms with E-state index in [0.717, 1.165) is 43.3 Å². The van der Waals surface area contributed by atoms with Crippen LogP contribution in [0.4, 0.5) is 5.69 Å². The molecule has 120 valence electrons. The number of halogens is 1. The van der Waals surface area contributed by atoms with Crippen LogP contribution in [0, 0.1) is 0 Å². The smallest absolute Gasteiger partial charge is 0.0642 e. The average molecular weight is 312 g/mol. The monoisotopic (exact) mass is 311 g/mol. The number of nitrogens with zero attached hydrogens (tertiary/aromatic N) is 2. The molecule has 0 spiro atoms. The van der Waals surface area contributed by atoms with Gasteiger partial charge in [-0.2, -0.15) is 0 Å². The predicted molar refractivity (Wildman–Crippen MR) is 94.5 cm³/mol. The first-order chi connectivity index (χ1) is 9.99. The fraction of sp³-hybridized carbons (Fsp3) is 0.647. The number of anilines is 1. The lowest BCUT2D eigenvalue weighted by atomic mass is 10.1. The van der Waals surface area contributed by atoms with Crippen molar-refractivity contribution in [3.63, 3.8) is 0 Å². The van der Waals surface area contributed by atoms with Gasteiger partial charge in [-0.25, -0.2) is 0 Å². The maximum absolute atomic E-state index is 6.51. The Hall–Kier alpha value is -0.770. The van der Waals surface area contributed by atoms with Gasteiger partial charge in [0.05, 0.1) is 10.7 Å². The molecule has 0 fully saturated rings. The summed E-state index contributed by atoms with van der Waals surface area (Å²) in [5.74, 6) is 0. The molecule has 0 aromatic heterocycles. The van der Waals surface area contributed by atoms with E-state index in [1.807, 2.05) is 0 Å². The Bertz CT molecular complexity index is 420. The third kappa shape index (κ3) is 5.85. The Kier molecular flexibility index (Phi) is 8.09. The highest BCUT2D eigenvalue weighted by molar-refractivity contribution is 6.33. The summed E-state index contributed by atoms with van der Waals surface area (Å²) in [6.07, 6.45) is 1.15. The van der Waals surface area contributed by atoms with Crippen molar-refractivity contribution in [2.75, 3.05) is 38.6 Å². The molecule has 1 aromatic carbocycles. The average Bonchev–Trinajstić information content (AvgIpc) is 2.41. The molecule has 0 radical (unpaired) electrons. The quantitative estimate of drug-likeness (QED) is 0.703. The number of likely N-dealkylation sites (N-methyl/N-ethyl adjacent to an activating group) is 2. The van der Waals surface area contributed by atoms with E-state index < -0.39 is 0 Å². The summed E-state index contributed by atoms with van der Waals surface area (Å²) in [5, 5.41) is 4.26. The van der Waals surface area contributed by atoms with E-state index in [2.05, 4.69) is 68.2 Å². The highest BCUT2D eigenvalue weighted by Crippen LogP contribution is 2.28. The second-order valence-corrected chi connectivity index (χ2v) is 6.27. The van der Waals surface area contributed by atoms with Crippen LogP contribution in [0.25, 0.3) is 0 Å². The summed E-state index contributed by atoms with van der Waals surface area (Å²) in [6, 6.07) is 6.85. The zero-order valence-corrected chi connectivity index (χ0v) is 14.9. The largest absolute Gasteiger partial charge is 0.367 e. The van der Waals surface area contributed by atoms with E-state index in [-0.39, 0.29) is 0 Å². The second kappa shape index (κ2) is 9.29. The Labute approximate surface area is 135 Å². The third-order valence-corrected chi connectivity index (χ3v) is 3.88. The molecule has 0 aliphatic rings. The summed E-state index contributed by atoms with van der Waals surface area (Å²) in [4.78, 5) is 4.58. The van der Waals surface area contributed by atoms with Crippen LogP contribution in [0.3, 0.4) is 0 Å². The Morgan fingerprint density at radius 1 is 1.24 bits per heavy atom. The van der Waals surface area contributed by atoms with Crippen molar-refractivity contribution in [2.24, 2.45) is 0 Å². The van der Waals surface area contributed by atoms with Crippen LogP contribution in [0.2, 0.25) is 5.02 Å². The topological polar surface area (TPSA) is 18.5 Å². The van der Waals surface area contributed by atoms with Gasteiger partial charge in [-0.3, -0.25) is 0 Å². The standard InChI is InChI=1S/C17H30ClN3/c1-6-10-19-12-15-8-9-17(16(18)11-15)21(7-2)14(3)13-20(4)5/h8-9,11,14,19H,6-7,10,12-13H2,1-5H3. The number of benzene rings is 1. The highest BCUT2D eigenvalue weighted by atomic mass is 35.5. The zero-order chi connectivity index (χ0) is 15.8. The first kappa shape index (κ1) is 18.3. The van der Waals surface area contributed by atoms with E-state index >= 15 is 0 Å². The van der Waals surface area contributed by atoms with E-state index in [0.29, 0.717) is 6.04 Å². The maximum atomic E-state index is 6.51. The SMILES string of the molecule is CCCNCc1ccc(N(CC)C(C)CN(C)C)c(Cl)c1. The van der Waals surface area contributed by atoms with Gasteiger partial charge in [0.25, 0.3) is 0 Å². The first-order valence-corrected chi connectivity index (χ1v) is 8.27. The van der Waals surface area contributed by atoms with Crippen LogP contribution in [-0.4, -0.2) is 44.7 Å². The fourth-order valence-corrected chi connectivity index (χ4v) is 2.96. The summed E-state index contributed by atoms with van der Waals surface area (Å²) >= 11 is 6.51. The van der Waals surface area contributed by atoms with Gasteiger partial charge >= 0.3 is 0 Å². The van der Waals surface area contributed by atoms with Crippen molar-refractivity contribution >= 4 is 17.3 Å². The first-order valence-electron chi connectivity index (χ1n) is 7.90. The minimum atomic E-state index is 0.437. The molecule has 1 aromatic rings. The van der Waals surface area contributed by atoms with Crippen LogP contribution in [-0.2, 0) is 6.54 Å². The minimum Gasteiger partial charge on any atom is -0.367 e. The van der Waals surface area contributed by atoms with Crippen molar-refractivity contribution in [3.05, 3.63) is 28.8 Å². The highest BCUT2D eigenvalue weighted by Gasteiger charge is 2.16. The molecule has 0 heterocycles. The van der Waals surface area contributed by atoms with E-state index in [1.54, 1.807) is 0 Å². The van der Waals surface area contributed by atoms with Crippen LogP contribution in [0.15, 0.2) is 18.2 Å². The lowest BCUT2D eigenvalue weighted by Crippen LogP contribution is -2.40. The number of hydrogen-bond donors (Lipinski definition) is 1. The molecule has 4 heteroatoms. The molecule has 0 aliphatic heterocycles. The van der Waals surface area contributed by atoms with Gasteiger partial charge in [-0.1, -0.05) is 24.6 Å². The molecule has 0 saturated carbocycles. The predicted octanol–water partition coefficient (Wildman–Crippen LogP) is 3.62. The van der Waals surface area contributed by atoms with Gasteiger partial charge in [-0.15, -0.1) is 0 Å². The zero-order valence-electron chi connectivity index (χ0n) is 14.1. The van der Waals surface area contributed by atoms with Crippen LogP contribution >= 0.6 is 11.6 Å². The van der Waals surface area contributed by atoms with E-state index in [9.17, 15) is 0 Å². The molecule has 1 atom stereocenters. The number of nitrogens with one attached hydrogen (secondary N) is 1. The van der Waals surface area contributed by atoms with Crippen molar-refractivity contribution in [1.29, 1.82) is 0 Å². The molecule has 3 nitrogen and oxygen atoms in total. The van der Waals surface area contributed by atoms with E-state index in [4.69, 9.17) is 11.6 Å². The van der Waals surface area contributed by atoms with Crippen LogP contribution < -0.4 is 10.2 Å². The van der Waals surface area contributed by atoms with Gasteiger partial charge in [0.2, 0.25) is 0 Å². The van der Waals surface area contributed by atoms with E-state index in [1.165, 1.54) is 5.56 Å². The van der Waals surface area contributed by atoms with Crippen molar-refractivity contribution in [3.8, 4) is 0 Å². The maximum Gasteiger partial charge on any atom is 0.0642 e. The Balaban J connectivity index is 2.81. The Morgan fingerprint density at radius 3 is 2.48 bits per heavy atom. The van der Waals surface area contributed by atoms with Crippen LogP contribution in [0.1, 0.15) is 32.8 Å². The molecular formula is C17H30ClN3. The normalized spacial score (nSPS) is 12.7. The van der Waals surface area contributed by atoms with Crippen molar-refractivity contribution in [2.45, 2.75) is 39.8 Å². The molecular weight excluding hydrogens is 282 g/mol. The molecule has 0 amide bonds. The lowest BCUT2D eigenvalue weighted by molar-refractivity contribution is 0.373. The van der Waals surface area contributed by atoms with Gasteiger partial charge in [0.1, 0.15) is 0 Å².